The minimum atomic E-state index is -1.55. The van der Waals surface area contributed by atoms with Gasteiger partial charge in [-0.05, 0) is 19.1 Å². The number of carbonyl (C=O) groups excluding carboxylic acids is 2. The van der Waals surface area contributed by atoms with Crippen molar-refractivity contribution in [3.8, 4) is 0 Å². The van der Waals surface area contributed by atoms with Crippen LogP contribution in [-0.2, 0) is 14.3 Å². The van der Waals surface area contributed by atoms with Gasteiger partial charge >= 0.3 is 5.97 Å². The van der Waals surface area contributed by atoms with Gasteiger partial charge in [0.1, 0.15) is 24.1 Å². The van der Waals surface area contributed by atoms with Crippen molar-refractivity contribution in [1.29, 1.82) is 0 Å². The number of aliphatic hydroxyl groups is 2. The molecule has 4 atom stereocenters. The average molecular weight is 428 g/mol. The molecule has 31 heavy (non-hydrogen) atoms. The van der Waals surface area contributed by atoms with Crippen LogP contribution in [-0.4, -0.2) is 66.5 Å². The molecule has 3 aromatic rings. The first-order valence-corrected chi connectivity index (χ1v) is 9.44. The van der Waals surface area contributed by atoms with E-state index in [1.807, 2.05) is 0 Å². The van der Waals surface area contributed by atoms with Crippen LogP contribution in [0, 0.1) is 0 Å². The van der Waals surface area contributed by atoms with Crippen LogP contribution in [0.4, 0.5) is 11.5 Å². The molecule has 1 aromatic carbocycles. The molecule has 0 spiro atoms. The smallest absolute Gasteiger partial charge is 0.340 e. The van der Waals surface area contributed by atoms with Crippen molar-refractivity contribution in [2.75, 3.05) is 17.7 Å². The maximum atomic E-state index is 12.8. The van der Waals surface area contributed by atoms with Gasteiger partial charge < -0.3 is 30.7 Å². The molecule has 0 bridgehead atoms. The molecule has 4 rings (SSSR count). The standard InChI is InChI=1S/C19H20N6O6/c1-2-30-19(29)9-5-3-4-6-10(9)24-17(28)14-12(26)13(27)18(31-14)25-8-23-11-15(20)21-7-22-16(11)25/h3-8,12-14,18,26-27H,2H2,1H3,(H,24,28)(H2,20,21,22)/t12-,13+,14-,18+/m0/s1. The zero-order chi connectivity index (χ0) is 22.1. The number of carbonyl (C=O) groups is 2. The zero-order valence-corrected chi connectivity index (χ0v) is 16.4. The number of hydrogen-bond acceptors (Lipinski definition) is 10. The minimum Gasteiger partial charge on any atom is -0.462 e. The highest BCUT2D eigenvalue weighted by Gasteiger charge is 2.48. The van der Waals surface area contributed by atoms with Gasteiger partial charge in [0.25, 0.3) is 5.91 Å². The van der Waals surface area contributed by atoms with Crippen LogP contribution in [0.5, 0.6) is 0 Å². The lowest BCUT2D eigenvalue weighted by molar-refractivity contribution is -0.132. The number of esters is 1. The number of imidazole rings is 1. The molecule has 0 unspecified atom stereocenters. The second kappa shape index (κ2) is 8.26. The number of nitrogen functional groups attached to an aromatic ring is 1. The summed E-state index contributed by atoms with van der Waals surface area (Å²) in [4.78, 5) is 36.9. The normalized spacial score (nSPS) is 23.1. The van der Waals surface area contributed by atoms with Gasteiger partial charge in [-0.1, -0.05) is 12.1 Å². The summed E-state index contributed by atoms with van der Waals surface area (Å²) in [5, 5.41) is 23.5. The molecule has 5 N–H and O–H groups in total. The highest BCUT2D eigenvalue weighted by molar-refractivity contribution is 6.02. The Kier molecular flexibility index (Phi) is 5.50. The van der Waals surface area contributed by atoms with Crippen LogP contribution < -0.4 is 11.1 Å². The number of nitrogens with zero attached hydrogens (tertiary/aromatic N) is 4. The second-order valence-electron chi connectivity index (χ2n) is 6.77. The molecule has 1 aliphatic heterocycles. The number of para-hydroxylation sites is 1. The summed E-state index contributed by atoms with van der Waals surface area (Å²) in [5.74, 6) is -1.21. The van der Waals surface area contributed by atoms with Gasteiger partial charge in [-0.25, -0.2) is 19.7 Å². The van der Waals surface area contributed by atoms with Crippen molar-refractivity contribution in [2.24, 2.45) is 0 Å². The number of aliphatic hydroxyl groups excluding tert-OH is 2. The number of anilines is 2. The van der Waals surface area contributed by atoms with Crippen molar-refractivity contribution in [3.63, 3.8) is 0 Å². The lowest BCUT2D eigenvalue weighted by atomic mass is 10.1. The first-order chi connectivity index (χ1) is 14.9. The number of nitrogens with two attached hydrogens (primary N) is 1. The molecule has 1 saturated heterocycles. The summed E-state index contributed by atoms with van der Waals surface area (Å²) in [6, 6.07) is 6.27. The van der Waals surface area contributed by atoms with E-state index < -0.39 is 36.4 Å². The number of amides is 1. The van der Waals surface area contributed by atoms with E-state index in [1.54, 1.807) is 19.1 Å². The van der Waals surface area contributed by atoms with Gasteiger partial charge in [0.2, 0.25) is 0 Å². The fraction of sp³-hybridized carbons (Fsp3) is 0.316. The largest absolute Gasteiger partial charge is 0.462 e. The third-order valence-electron chi connectivity index (χ3n) is 4.84. The summed E-state index contributed by atoms with van der Waals surface area (Å²) >= 11 is 0. The van der Waals surface area contributed by atoms with Gasteiger partial charge in [-0.3, -0.25) is 9.36 Å². The van der Waals surface area contributed by atoms with E-state index in [0.29, 0.717) is 5.52 Å². The van der Waals surface area contributed by atoms with Gasteiger partial charge in [0, 0.05) is 0 Å². The minimum absolute atomic E-state index is 0.140. The quantitative estimate of drug-likeness (QED) is 0.400. The van der Waals surface area contributed by atoms with Gasteiger partial charge in [-0.2, -0.15) is 0 Å². The number of aromatic nitrogens is 4. The van der Waals surface area contributed by atoms with Crippen molar-refractivity contribution < 1.29 is 29.3 Å². The topological polar surface area (TPSA) is 175 Å². The second-order valence-corrected chi connectivity index (χ2v) is 6.77. The number of nitrogens with one attached hydrogen (secondary N) is 1. The first kappa shape index (κ1) is 20.7. The highest BCUT2D eigenvalue weighted by atomic mass is 16.6. The molecule has 12 nitrogen and oxygen atoms in total. The van der Waals surface area contributed by atoms with E-state index in [0.717, 1.165) is 0 Å². The molecule has 0 saturated carbocycles. The van der Waals surface area contributed by atoms with E-state index in [4.69, 9.17) is 15.2 Å². The summed E-state index contributed by atoms with van der Waals surface area (Å²) in [7, 11) is 0. The molecule has 162 valence electrons. The molecule has 1 amide bonds. The Labute approximate surface area is 175 Å². The third-order valence-corrected chi connectivity index (χ3v) is 4.84. The monoisotopic (exact) mass is 428 g/mol. The molecular formula is C19H20N6O6. The zero-order valence-electron chi connectivity index (χ0n) is 16.4. The van der Waals surface area contributed by atoms with E-state index >= 15 is 0 Å². The van der Waals surface area contributed by atoms with Crippen LogP contribution in [0.1, 0.15) is 23.5 Å². The van der Waals surface area contributed by atoms with Gasteiger partial charge in [0.05, 0.1) is 24.2 Å². The number of ether oxygens (including phenoxy) is 2. The van der Waals surface area contributed by atoms with Crippen molar-refractivity contribution in [2.45, 2.75) is 31.5 Å². The first-order valence-electron chi connectivity index (χ1n) is 9.44. The summed E-state index contributed by atoms with van der Waals surface area (Å²) in [6.45, 7) is 1.84. The number of hydrogen-bond donors (Lipinski definition) is 4. The Morgan fingerprint density at radius 3 is 2.77 bits per heavy atom. The molecule has 0 radical (unpaired) electrons. The molecule has 1 fully saturated rings. The highest BCUT2D eigenvalue weighted by Crippen LogP contribution is 2.32. The average Bonchev–Trinajstić information content (AvgIpc) is 3.31. The fourth-order valence-corrected chi connectivity index (χ4v) is 3.35. The lowest BCUT2D eigenvalue weighted by Gasteiger charge is -2.16. The Hall–Kier alpha value is -3.61. The van der Waals surface area contributed by atoms with Crippen LogP contribution in [0.15, 0.2) is 36.9 Å². The maximum absolute atomic E-state index is 12.8. The van der Waals surface area contributed by atoms with E-state index in [-0.39, 0.29) is 29.3 Å². The molecule has 2 aromatic heterocycles. The van der Waals surface area contributed by atoms with Crippen LogP contribution in [0.25, 0.3) is 11.2 Å². The molecule has 1 aliphatic rings. The van der Waals surface area contributed by atoms with Crippen molar-refractivity contribution in [3.05, 3.63) is 42.5 Å². The molecular weight excluding hydrogens is 408 g/mol. The number of rotatable bonds is 5. The predicted molar refractivity (Wildman–Crippen MR) is 107 cm³/mol. The Morgan fingerprint density at radius 2 is 2.00 bits per heavy atom. The Balaban J connectivity index is 1.57. The summed E-state index contributed by atoms with van der Waals surface area (Å²) in [5.41, 5.74) is 6.68. The van der Waals surface area contributed by atoms with Crippen molar-refractivity contribution in [1.82, 2.24) is 19.5 Å². The van der Waals surface area contributed by atoms with E-state index in [1.165, 1.54) is 29.4 Å². The molecule has 12 heteroatoms. The number of fused-ring (bicyclic) bond motifs is 1. The SMILES string of the molecule is CCOC(=O)c1ccccc1NC(=O)[C@H]1O[C@@H](n2cnc3c(N)ncnc32)[C@H](O)[C@@H]1O. The van der Waals surface area contributed by atoms with Gasteiger partial charge in [-0.15, -0.1) is 0 Å². The maximum Gasteiger partial charge on any atom is 0.340 e. The van der Waals surface area contributed by atoms with E-state index in [9.17, 15) is 19.8 Å². The predicted octanol–water partition coefficient (Wildman–Crippen LogP) is -0.157. The lowest BCUT2D eigenvalue weighted by Crippen LogP contribution is -2.39. The van der Waals surface area contributed by atoms with Crippen LogP contribution in [0.2, 0.25) is 0 Å². The molecule has 0 aliphatic carbocycles. The van der Waals surface area contributed by atoms with Crippen molar-refractivity contribution >= 4 is 34.5 Å². The Morgan fingerprint density at radius 1 is 1.23 bits per heavy atom. The molecule has 3 heterocycles. The fourth-order valence-electron chi connectivity index (χ4n) is 3.35. The van der Waals surface area contributed by atoms with Crippen LogP contribution in [0.3, 0.4) is 0 Å². The van der Waals surface area contributed by atoms with Gasteiger partial charge in [0.15, 0.2) is 23.8 Å². The number of benzene rings is 1. The van der Waals surface area contributed by atoms with E-state index in [2.05, 4.69) is 20.3 Å². The summed E-state index contributed by atoms with van der Waals surface area (Å²) < 4.78 is 12.0. The summed E-state index contributed by atoms with van der Waals surface area (Å²) in [6.07, 6.45) is -3.02. The van der Waals surface area contributed by atoms with Crippen LogP contribution >= 0.6 is 0 Å². The Bertz CT molecular complexity index is 1130. The third kappa shape index (κ3) is 3.67.